The highest BCUT2D eigenvalue weighted by molar-refractivity contribution is 5.76. The van der Waals surface area contributed by atoms with Crippen LogP contribution in [-0.2, 0) is 9.53 Å². The van der Waals surface area contributed by atoms with Crippen molar-refractivity contribution in [1.82, 2.24) is 15.5 Å². The van der Waals surface area contributed by atoms with Crippen LogP contribution in [0.1, 0.15) is 19.3 Å². The molecule has 5 heteroatoms. The van der Waals surface area contributed by atoms with E-state index in [0.717, 1.165) is 52.2 Å². The highest BCUT2D eigenvalue weighted by Gasteiger charge is 2.22. The van der Waals surface area contributed by atoms with Gasteiger partial charge in [-0.25, -0.2) is 0 Å². The predicted octanol–water partition coefficient (Wildman–Crippen LogP) is -0.177. The van der Waals surface area contributed by atoms with Gasteiger partial charge in [0.25, 0.3) is 0 Å². The number of piperazine rings is 1. The summed E-state index contributed by atoms with van der Waals surface area (Å²) in [5.41, 5.74) is 0. The Balaban J connectivity index is 1.64. The standard InChI is InChI=1S/C13H25N3O2/c1-16-5-4-14-10-12(16)8-13(17)15-9-11-2-6-18-7-3-11/h11-12,14H,2-10H2,1H3,(H,15,17). The first-order valence-electron chi connectivity index (χ1n) is 7.01. The minimum Gasteiger partial charge on any atom is -0.381 e. The molecule has 0 aromatic carbocycles. The van der Waals surface area contributed by atoms with E-state index < -0.39 is 0 Å². The van der Waals surface area contributed by atoms with E-state index in [0.29, 0.717) is 18.4 Å². The Bertz CT molecular complexity index is 267. The van der Waals surface area contributed by atoms with E-state index >= 15 is 0 Å². The first kappa shape index (κ1) is 13.8. The Hall–Kier alpha value is -0.650. The fraction of sp³-hybridized carbons (Fsp3) is 0.923. The number of nitrogens with one attached hydrogen (secondary N) is 2. The van der Waals surface area contributed by atoms with Crippen molar-refractivity contribution in [2.75, 3.05) is 46.4 Å². The van der Waals surface area contributed by atoms with E-state index in [1.54, 1.807) is 0 Å². The summed E-state index contributed by atoms with van der Waals surface area (Å²) in [4.78, 5) is 14.2. The maximum atomic E-state index is 11.9. The molecule has 1 amide bonds. The van der Waals surface area contributed by atoms with Gasteiger partial charge in [-0.1, -0.05) is 0 Å². The lowest BCUT2D eigenvalue weighted by Crippen LogP contribution is -2.51. The smallest absolute Gasteiger partial charge is 0.221 e. The monoisotopic (exact) mass is 255 g/mol. The van der Waals surface area contributed by atoms with Crippen molar-refractivity contribution in [2.45, 2.75) is 25.3 Å². The van der Waals surface area contributed by atoms with Gasteiger partial charge >= 0.3 is 0 Å². The molecular weight excluding hydrogens is 230 g/mol. The van der Waals surface area contributed by atoms with Crippen LogP contribution in [0.2, 0.25) is 0 Å². The molecule has 2 saturated heterocycles. The molecule has 1 atom stereocenters. The lowest BCUT2D eigenvalue weighted by molar-refractivity contribution is -0.122. The van der Waals surface area contributed by atoms with Crippen LogP contribution in [0.3, 0.4) is 0 Å². The maximum absolute atomic E-state index is 11.9. The molecule has 104 valence electrons. The summed E-state index contributed by atoms with van der Waals surface area (Å²) in [6.45, 7) is 5.47. The topological polar surface area (TPSA) is 53.6 Å². The molecule has 5 nitrogen and oxygen atoms in total. The zero-order valence-corrected chi connectivity index (χ0v) is 11.3. The van der Waals surface area contributed by atoms with Gasteiger partial charge in [0.1, 0.15) is 0 Å². The molecule has 2 heterocycles. The molecule has 2 rings (SSSR count). The number of nitrogens with zero attached hydrogens (tertiary/aromatic N) is 1. The Labute approximate surface area is 109 Å². The first-order valence-corrected chi connectivity index (χ1v) is 7.01. The molecule has 1 unspecified atom stereocenters. The largest absolute Gasteiger partial charge is 0.381 e. The summed E-state index contributed by atoms with van der Waals surface area (Å²) in [5.74, 6) is 0.784. The Morgan fingerprint density at radius 2 is 2.22 bits per heavy atom. The van der Waals surface area contributed by atoms with Crippen LogP contribution in [0.25, 0.3) is 0 Å². The number of carbonyl (C=O) groups excluding carboxylic acids is 1. The third-order valence-corrected chi connectivity index (χ3v) is 3.99. The summed E-state index contributed by atoms with van der Waals surface area (Å²) >= 11 is 0. The van der Waals surface area contributed by atoms with Crippen LogP contribution in [-0.4, -0.2) is 63.3 Å². The number of rotatable bonds is 4. The number of hydrogen-bond donors (Lipinski definition) is 2. The second-order valence-corrected chi connectivity index (χ2v) is 5.40. The summed E-state index contributed by atoms with van der Waals surface area (Å²) in [5, 5.41) is 6.41. The fourth-order valence-electron chi connectivity index (χ4n) is 2.59. The van der Waals surface area contributed by atoms with Crippen molar-refractivity contribution in [3.05, 3.63) is 0 Å². The molecule has 0 saturated carbocycles. The minimum absolute atomic E-state index is 0.182. The van der Waals surface area contributed by atoms with Gasteiger partial charge in [-0.2, -0.15) is 0 Å². The van der Waals surface area contributed by atoms with Gasteiger partial charge in [-0.15, -0.1) is 0 Å². The Morgan fingerprint density at radius 3 is 2.94 bits per heavy atom. The number of ether oxygens (including phenoxy) is 1. The van der Waals surface area contributed by atoms with E-state index in [9.17, 15) is 4.79 Å². The zero-order valence-electron chi connectivity index (χ0n) is 11.3. The van der Waals surface area contributed by atoms with Gasteiger partial charge in [0, 0.05) is 51.9 Å². The molecule has 0 spiro atoms. The number of hydrogen-bond acceptors (Lipinski definition) is 4. The number of carbonyl (C=O) groups is 1. The Morgan fingerprint density at radius 1 is 1.44 bits per heavy atom. The summed E-state index contributed by atoms with van der Waals surface area (Å²) in [6.07, 6.45) is 2.75. The van der Waals surface area contributed by atoms with Crippen molar-refractivity contribution >= 4 is 5.91 Å². The van der Waals surface area contributed by atoms with Gasteiger partial charge in [0.05, 0.1) is 0 Å². The minimum atomic E-state index is 0.182. The predicted molar refractivity (Wildman–Crippen MR) is 70.5 cm³/mol. The van der Waals surface area contributed by atoms with Gasteiger partial charge in [-0.05, 0) is 25.8 Å². The Kier molecular flexibility index (Phi) is 5.41. The van der Waals surface area contributed by atoms with E-state index in [1.807, 2.05) is 0 Å². The quantitative estimate of drug-likeness (QED) is 0.732. The van der Waals surface area contributed by atoms with Crippen molar-refractivity contribution in [3.63, 3.8) is 0 Å². The molecule has 2 N–H and O–H groups in total. The van der Waals surface area contributed by atoms with E-state index in [4.69, 9.17) is 4.74 Å². The molecule has 0 aromatic heterocycles. The SMILES string of the molecule is CN1CCNCC1CC(=O)NCC1CCOCC1. The van der Waals surface area contributed by atoms with E-state index in [2.05, 4.69) is 22.6 Å². The van der Waals surface area contributed by atoms with Crippen molar-refractivity contribution in [2.24, 2.45) is 5.92 Å². The van der Waals surface area contributed by atoms with Crippen molar-refractivity contribution in [1.29, 1.82) is 0 Å². The molecule has 18 heavy (non-hydrogen) atoms. The third kappa shape index (κ3) is 4.23. The molecule has 0 aromatic rings. The van der Waals surface area contributed by atoms with Gasteiger partial charge in [0.15, 0.2) is 0 Å². The van der Waals surface area contributed by atoms with Gasteiger partial charge < -0.3 is 20.3 Å². The van der Waals surface area contributed by atoms with Crippen LogP contribution in [0.4, 0.5) is 0 Å². The van der Waals surface area contributed by atoms with Crippen LogP contribution in [0.5, 0.6) is 0 Å². The molecule has 2 fully saturated rings. The van der Waals surface area contributed by atoms with Gasteiger partial charge in [-0.3, -0.25) is 4.79 Å². The number of amides is 1. The highest BCUT2D eigenvalue weighted by atomic mass is 16.5. The molecule has 0 radical (unpaired) electrons. The van der Waals surface area contributed by atoms with Crippen molar-refractivity contribution in [3.8, 4) is 0 Å². The normalized spacial score (nSPS) is 27.1. The zero-order chi connectivity index (χ0) is 12.8. The van der Waals surface area contributed by atoms with Crippen LogP contribution >= 0.6 is 0 Å². The van der Waals surface area contributed by atoms with Crippen LogP contribution < -0.4 is 10.6 Å². The lowest BCUT2D eigenvalue weighted by atomic mass is 10.0. The molecule has 2 aliphatic rings. The first-order chi connectivity index (χ1) is 8.75. The molecule has 0 aliphatic carbocycles. The molecule has 2 aliphatic heterocycles. The van der Waals surface area contributed by atoms with E-state index in [1.165, 1.54) is 0 Å². The third-order valence-electron chi connectivity index (χ3n) is 3.99. The van der Waals surface area contributed by atoms with Crippen molar-refractivity contribution < 1.29 is 9.53 Å². The second kappa shape index (κ2) is 7.07. The number of likely N-dealkylation sites (N-methyl/N-ethyl adjacent to an activating group) is 1. The molecule has 0 bridgehead atoms. The summed E-state index contributed by atoms with van der Waals surface area (Å²) < 4.78 is 5.31. The summed E-state index contributed by atoms with van der Waals surface area (Å²) in [7, 11) is 2.09. The second-order valence-electron chi connectivity index (χ2n) is 5.40. The highest BCUT2D eigenvalue weighted by Crippen LogP contribution is 2.13. The fourth-order valence-corrected chi connectivity index (χ4v) is 2.59. The van der Waals surface area contributed by atoms with Crippen LogP contribution in [0.15, 0.2) is 0 Å². The summed E-state index contributed by atoms with van der Waals surface area (Å²) in [6, 6.07) is 0.341. The average Bonchev–Trinajstić information content (AvgIpc) is 2.40. The van der Waals surface area contributed by atoms with Crippen LogP contribution in [0, 0.1) is 5.92 Å². The molecular formula is C13H25N3O2. The van der Waals surface area contributed by atoms with E-state index in [-0.39, 0.29) is 5.91 Å². The average molecular weight is 255 g/mol. The maximum Gasteiger partial charge on any atom is 0.221 e. The lowest BCUT2D eigenvalue weighted by Gasteiger charge is -2.32. The van der Waals surface area contributed by atoms with Gasteiger partial charge in [0.2, 0.25) is 5.91 Å².